The van der Waals surface area contributed by atoms with E-state index in [4.69, 9.17) is 4.74 Å². The first-order valence-corrected chi connectivity index (χ1v) is 18.5. The number of carboxylic acids is 2. The van der Waals surface area contributed by atoms with E-state index >= 15 is 0 Å². The molecule has 6 heteroatoms. The highest BCUT2D eigenvalue weighted by Crippen LogP contribution is 2.62. The summed E-state index contributed by atoms with van der Waals surface area (Å²) >= 11 is 0. The van der Waals surface area contributed by atoms with Gasteiger partial charge >= 0.3 is 11.9 Å². The second-order valence-electron chi connectivity index (χ2n) is 17.1. The maximum absolute atomic E-state index is 12.0. The van der Waals surface area contributed by atoms with Crippen LogP contribution in [0.15, 0.2) is 72.9 Å². The second-order valence-corrected chi connectivity index (χ2v) is 17.1. The van der Waals surface area contributed by atoms with E-state index in [0.717, 1.165) is 45.4 Å². The summed E-state index contributed by atoms with van der Waals surface area (Å²) < 4.78 is 5.92. The van der Waals surface area contributed by atoms with Gasteiger partial charge in [-0.15, -0.1) is 0 Å². The van der Waals surface area contributed by atoms with E-state index < -0.39 is 11.9 Å². The highest BCUT2D eigenvalue weighted by atomic mass is 16.5. The Labute approximate surface area is 306 Å². The molecule has 1 heterocycles. The van der Waals surface area contributed by atoms with E-state index in [0.29, 0.717) is 12.2 Å². The molecule has 6 nitrogen and oxygen atoms in total. The molecule has 4 aromatic rings. The molecule has 4 bridgehead atoms. The van der Waals surface area contributed by atoms with Gasteiger partial charge in [0.1, 0.15) is 11.4 Å². The van der Waals surface area contributed by atoms with Gasteiger partial charge < -0.3 is 14.9 Å². The minimum Gasteiger partial charge on any atom is -0.496 e. The van der Waals surface area contributed by atoms with Gasteiger partial charge in [0, 0.05) is 11.8 Å². The summed E-state index contributed by atoms with van der Waals surface area (Å²) in [6.45, 7) is 11.8. The van der Waals surface area contributed by atoms with E-state index in [9.17, 15) is 19.8 Å². The fraction of sp³-hybridized carbons (Fsp3) is 0.370. The predicted octanol–water partition coefficient (Wildman–Crippen LogP) is 10.5. The van der Waals surface area contributed by atoms with Crippen molar-refractivity contribution >= 4 is 34.7 Å². The number of nitrogens with zero attached hydrogens (tertiary/aromatic N) is 1. The lowest BCUT2D eigenvalue weighted by atomic mass is 9.76. The molecule has 0 radical (unpaired) electrons. The third kappa shape index (κ3) is 5.33. The Bertz CT molecular complexity index is 2250. The molecule has 1 aromatic heterocycles. The van der Waals surface area contributed by atoms with Crippen LogP contribution in [0, 0.1) is 0 Å². The van der Waals surface area contributed by atoms with Crippen LogP contribution in [0.3, 0.4) is 0 Å². The van der Waals surface area contributed by atoms with Crippen molar-refractivity contribution in [2.45, 2.75) is 101 Å². The van der Waals surface area contributed by atoms with Crippen molar-refractivity contribution < 1.29 is 24.5 Å². The number of allylic oxidation sites excluding steroid dienone is 3. The summed E-state index contributed by atoms with van der Waals surface area (Å²) in [6.07, 6.45) is 11.4. The minimum absolute atomic E-state index is 0.000905. The van der Waals surface area contributed by atoms with Gasteiger partial charge in [-0.2, -0.15) is 0 Å². The Morgan fingerprint density at radius 2 is 1.27 bits per heavy atom. The lowest BCUT2D eigenvalue weighted by Gasteiger charge is -2.28. The molecule has 4 aliphatic rings. The molecule has 4 atom stereocenters. The molecule has 2 fully saturated rings. The zero-order chi connectivity index (χ0) is 36.8. The van der Waals surface area contributed by atoms with Crippen LogP contribution < -0.4 is 4.74 Å². The van der Waals surface area contributed by atoms with Crippen LogP contribution in [0.25, 0.3) is 22.8 Å². The van der Waals surface area contributed by atoms with Crippen molar-refractivity contribution in [1.82, 2.24) is 4.98 Å². The number of benzene rings is 3. The van der Waals surface area contributed by atoms with Gasteiger partial charge in [0.25, 0.3) is 0 Å². The maximum Gasteiger partial charge on any atom is 0.354 e. The Morgan fingerprint density at radius 1 is 0.712 bits per heavy atom. The topological polar surface area (TPSA) is 96.7 Å². The van der Waals surface area contributed by atoms with Gasteiger partial charge in [0.2, 0.25) is 0 Å². The van der Waals surface area contributed by atoms with Gasteiger partial charge in [-0.1, -0.05) is 76.2 Å². The van der Waals surface area contributed by atoms with Crippen LogP contribution in [0.2, 0.25) is 0 Å². The summed E-state index contributed by atoms with van der Waals surface area (Å²) in [6, 6.07) is 22.4. The van der Waals surface area contributed by atoms with Crippen molar-refractivity contribution in [3.63, 3.8) is 0 Å². The average Bonchev–Trinajstić information content (AvgIpc) is 3.78. The van der Waals surface area contributed by atoms with Crippen LogP contribution in [0.5, 0.6) is 5.75 Å². The van der Waals surface area contributed by atoms with Crippen LogP contribution >= 0.6 is 0 Å². The van der Waals surface area contributed by atoms with Crippen molar-refractivity contribution in [2.24, 2.45) is 0 Å². The molecule has 0 amide bonds. The number of carbonyl (C=O) groups is 2. The summed E-state index contributed by atoms with van der Waals surface area (Å²) in [5, 5.41) is 19.4. The van der Waals surface area contributed by atoms with Gasteiger partial charge in [-0.25, -0.2) is 14.6 Å². The summed E-state index contributed by atoms with van der Waals surface area (Å²) in [5.74, 6) is -1.56. The van der Waals surface area contributed by atoms with E-state index in [2.05, 4.69) is 82.1 Å². The molecule has 0 spiro atoms. The summed E-state index contributed by atoms with van der Waals surface area (Å²) in [5.41, 5.74) is 13.8. The molecular formula is C46H47NO5. The number of aromatic nitrogens is 1. The molecular weight excluding hydrogens is 647 g/mol. The monoisotopic (exact) mass is 693 g/mol. The first-order chi connectivity index (χ1) is 24.7. The number of fused-ring (bicyclic) bond motifs is 10. The predicted molar refractivity (Wildman–Crippen MR) is 206 cm³/mol. The first kappa shape index (κ1) is 34.1. The largest absolute Gasteiger partial charge is 0.496 e. The molecule has 266 valence electrons. The third-order valence-electron chi connectivity index (χ3n) is 13.4. The Morgan fingerprint density at radius 3 is 1.81 bits per heavy atom. The van der Waals surface area contributed by atoms with E-state index in [1.54, 1.807) is 31.5 Å². The van der Waals surface area contributed by atoms with E-state index in [1.165, 1.54) is 54.4 Å². The van der Waals surface area contributed by atoms with Crippen molar-refractivity contribution in [3.8, 4) is 5.75 Å². The molecule has 4 aliphatic carbocycles. The fourth-order valence-corrected chi connectivity index (χ4v) is 10.6. The van der Waals surface area contributed by atoms with Gasteiger partial charge in [-0.05, 0) is 153 Å². The Kier molecular flexibility index (Phi) is 7.73. The summed E-state index contributed by atoms with van der Waals surface area (Å²) in [7, 11) is 1.59. The quantitative estimate of drug-likeness (QED) is 0.169. The second kappa shape index (κ2) is 11.8. The van der Waals surface area contributed by atoms with Crippen LogP contribution in [0.4, 0.5) is 0 Å². The number of carboxylic acid groups (broad SMARTS) is 2. The molecule has 8 rings (SSSR count). The third-order valence-corrected chi connectivity index (χ3v) is 13.4. The molecule has 2 N–H and O–H groups in total. The van der Waals surface area contributed by atoms with Crippen LogP contribution in [0.1, 0.15) is 145 Å². The molecule has 0 saturated heterocycles. The highest BCUT2D eigenvalue weighted by molar-refractivity contribution is 6.00. The number of pyridine rings is 1. The van der Waals surface area contributed by atoms with Crippen molar-refractivity contribution in [2.75, 3.05) is 7.11 Å². The molecule has 52 heavy (non-hydrogen) atoms. The standard InChI is InChI=1S/C46H47NO5/c1-27(29-9-12-35-37(21-29)45(4)17-15-43(35,2)25-45)34(33-11-8-31(41(48)49)23-40(33)52-6)20-32(19-28-7-14-39(42(50)51)47-24-28)30-10-13-36-38(22-30)46(5)18-16-44(36,3)26-46/h7-14,19,21-24H,15-18,20,25-26H2,1-6H3,(H,48,49)(H,50,51)/b32-19+,34-27+. The molecule has 0 aliphatic heterocycles. The number of hydrogen-bond acceptors (Lipinski definition) is 4. The number of hydrogen-bond donors (Lipinski definition) is 2. The number of aromatic carboxylic acids is 2. The van der Waals surface area contributed by atoms with Gasteiger partial charge in [0.15, 0.2) is 0 Å². The van der Waals surface area contributed by atoms with E-state index in [1.807, 2.05) is 12.1 Å². The zero-order valence-electron chi connectivity index (χ0n) is 31.0. The zero-order valence-corrected chi connectivity index (χ0v) is 31.0. The fourth-order valence-electron chi connectivity index (χ4n) is 10.6. The number of rotatable bonds is 9. The number of methoxy groups -OCH3 is 1. The number of ether oxygens (including phenoxy) is 1. The smallest absolute Gasteiger partial charge is 0.354 e. The lowest BCUT2D eigenvalue weighted by Crippen LogP contribution is -2.18. The first-order valence-electron chi connectivity index (χ1n) is 18.5. The molecule has 4 unspecified atom stereocenters. The van der Waals surface area contributed by atoms with Crippen LogP contribution in [-0.2, 0) is 21.7 Å². The lowest BCUT2D eigenvalue weighted by molar-refractivity contribution is 0.0682. The average molecular weight is 694 g/mol. The summed E-state index contributed by atoms with van der Waals surface area (Å²) in [4.78, 5) is 27.9. The van der Waals surface area contributed by atoms with Crippen LogP contribution in [-0.4, -0.2) is 34.2 Å². The van der Waals surface area contributed by atoms with Crippen molar-refractivity contribution in [1.29, 1.82) is 0 Å². The molecule has 3 aromatic carbocycles. The van der Waals surface area contributed by atoms with Gasteiger partial charge in [0.05, 0.1) is 12.7 Å². The Hall–Kier alpha value is -4.97. The highest BCUT2D eigenvalue weighted by Gasteiger charge is 2.53. The maximum atomic E-state index is 12.0. The van der Waals surface area contributed by atoms with E-state index in [-0.39, 0.29) is 32.9 Å². The van der Waals surface area contributed by atoms with Crippen molar-refractivity contribution in [3.05, 3.63) is 129 Å². The normalized spacial score (nSPS) is 27.3. The SMILES string of the molecule is COc1cc(C(=O)O)ccc1/C(C/C(=C\c1ccc(C(=O)O)nc1)c1ccc2c(c1)C1(C)CCC2(C)C1)=C(\C)c1ccc2c(c1)C1(C)CCC2(C)C1. The van der Waals surface area contributed by atoms with Gasteiger partial charge in [-0.3, -0.25) is 0 Å². The Balaban J connectivity index is 1.32. The minimum atomic E-state index is -1.06. The molecule has 2 saturated carbocycles.